The number of imidazole rings is 1. The number of nitrogens with one attached hydrogen (secondary N) is 1. The molecule has 0 aliphatic heterocycles. The van der Waals surface area contributed by atoms with E-state index in [1.165, 1.54) is 18.2 Å². The molecule has 0 aliphatic carbocycles. The van der Waals surface area contributed by atoms with Gasteiger partial charge in [0.2, 0.25) is 0 Å². The van der Waals surface area contributed by atoms with Crippen molar-refractivity contribution >= 4 is 17.4 Å². The molecule has 1 amide bonds. The van der Waals surface area contributed by atoms with E-state index in [1.807, 2.05) is 49.9 Å². The van der Waals surface area contributed by atoms with E-state index in [1.54, 1.807) is 79.4 Å². The van der Waals surface area contributed by atoms with Crippen LogP contribution < -0.4 is 11.1 Å². The molecule has 10 heteroatoms. The average molecular weight is 621 g/mol. The van der Waals surface area contributed by atoms with E-state index >= 15 is 0 Å². The van der Waals surface area contributed by atoms with Gasteiger partial charge in [0, 0.05) is 43.3 Å². The summed E-state index contributed by atoms with van der Waals surface area (Å²) in [5, 5.41) is 2.67. The minimum Gasteiger partial charge on any atom is -0.451 e. The number of carbonyl (C=O) groups excluding carboxylic acids is 1. The number of benzene rings is 3. The van der Waals surface area contributed by atoms with E-state index in [0.717, 1.165) is 5.56 Å². The molecule has 0 radical (unpaired) electrons. The van der Waals surface area contributed by atoms with E-state index < -0.39 is 11.7 Å². The molecule has 46 heavy (non-hydrogen) atoms. The summed E-state index contributed by atoms with van der Waals surface area (Å²) in [7, 11) is 1.94. The maximum Gasteiger partial charge on any atom is 0.287 e. The molecule has 6 rings (SSSR count). The van der Waals surface area contributed by atoms with Crippen LogP contribution in [0.15, 0.2) is 131 Å². The highest BCUT2D eigenvalue weighted by molar-refractivity contribution is 5.97. The van der Waals surface area contributed by atoms with Gasteiger partial charge in [0.05, 0.1) is 12.0 Å². The van der Waals surface area contributed by atoms with E-state index in [2.05, 4.69) is 20.3 Å². The predicted octanol–water partition coefficient (Wildman–Crippen LogP) is 7.70. The Hall–Kier alpha value is -5.90. The zero-order valence-electron chi connectivity index (χ0n) is 25.7. The van der Waals surface area contributed by atoms with Crippen molar-refractivity contribution in [2.45, 2.75) is 20.4 Å². The van der Waals surface area contributed by atoms with Crippen molar-refractivity contribution in [3.05, 3.63) is 151 Å². The Labute approximate surface area is 266 Å². The number of pyridine rings is 1. The predicted molar refractivity (Wildman–Crippen MR) is 176 cm³/mol. The van der Waals surface area contributed by atoms with Gasteiger partial charge in [0.1, 0.15) is 28.9 Å². The lowest BCUT2D eigenvalue weighted by Gasteiger charge is -2.08. The Morgan fingerprint density at radius 2 is 1.61 bits per heavy atom. The summed E-state index contributed by atoms with van der Waals surface area (Å²) >= 11 is 0. The Balaban J connectivity index is 0.000000531. The van der Waals surface area contributed by atoms with Gasteiger partial charge in [-0.25, -0.2) is 18.8 Å². The molecule has 0 saturated heterocycles. The monoisotopic (exact) mass is 620 g/mol. The number of amides is 1. The van der Waals surface area contributed by atoms with Gasteiger partial charge in [-0.3, -0.25) is 9.78 Å². The maximum atomic E-state index is 14.6. The highest BCUT2D eigenvalue weighted by Crippen LogP contribution is 2.26. The zero-order valence-corrected chi connectivity index (χ0v) is 25.7. The molecule has 0 saturated carbocycles. The Morgan fingerprint density at radius 3 is 2.22 bits per heavy atom. The Morgan fingerprint density at radius 1 is 0.891 bits per heavy atom. The van der Waals surface area contributed by atoms with E-state index in [-0.39, 0.29) is 18.1 Å². The molecule has 3 N–H and O–H groups in total. The molecule has 6 aromatic rings. The summed E-state index contributed by atoms with van der Waals surface area (Å²) in [6.07, 6.45) is 7.04. The van der Waals surface area contributed by atoms with Crippen molar-refractivity contribution in [1.29, 1.82) is 0 Å². The molecule has 3 heterocycles. The SMILES string of the molecule is CC.Cn1ccnc1.NC(=Nc1ccc(-c2ccc(C(=O)NCc3ccc(-c4ccc(F)cc4)cc3F)o2)cc1)c1ccccn1. The van der Waals surface area contributed by atoms with Crippen molar-refractivity contribution in [1.82, 2.24) is 19.9 Å². The third kappa shape index (κ3) is 9.06. The third-order valence-electron chi connectivity index (χ3n) is 6.47. The molecular formula is C36H34F2N6O2. The number of furan rings is 1. The highest BCUT2D eigenvalue weighted by atomic mass is 19.1. The minimum atomic E-state index is -0.473. The number of rotatable bonds is 7. The molecule has 0 atom stereocenters. The van der Waals surface area contributed by atoms with Crippen molar-refractivity contribution in [3.63, 3.8) is 0 Å². The molecule has 0 aliphatic rings. The Kier molecular flexibility index (Phi) is 11.7. The van der Waals surface area contributed by atoms with E-state index in [4.69, 9.17) is 10.2 Å². The number of aromatic nitrogens is 3. The van der Waals surface area contributed by atoms with E-state index in [0.29, 0.717) is 39.7 Å². The first-order chi connectivity index (χ1) is 22.4. The second-order valence-electron chi connectivity index (χ2n) is 9.65. The van der Waals surface area contributed by atoms with Crippen molar-refractivity contribution in [2.75, 3.05) is 0 Å². The lowest BCUT2D eigenvalue weighted by Crippen LogP contribution is -2.22. The number of halogens is 2. The number of hydrogen-bond donors (Lipinski definition) is 2. The number of carbonyl (C=O) groups is 1. The zero-order chi connectivity index (χ0) is 32.9. The topological polar surface area (TPSA) is 111 Å². The smallest absolute Gasteiger partial charge is 0.287 e. The molecule has 3 aromatic heterocycles. The summed E-state index contributed by atoms with van der Waals surface area (Å²) in [4.78, 5) is 24.9. The maximum absolute atomic E-state index is 14.6. The number of aryl methyl sites for hydroxylation is 1. The lowest BCUT2D eigenvalue weighted by molar-refractivity contribution is 0.0923. The van der Waals surface area contributed by atoms with Crippen molar-refractivity contribution < 1.29 is 18.0 Å². The van der Waals surface area contributed by atoms with Crippen LogP contribution in [-0.2, 0) is 13.6 Å². The summed E-state index contributed by atoms with van der Waals surface area (Å²) in [5.41, 5.74) is 9.63. The van der Waals surface area contributed by atoms with Gasteiger partial charge in [-0.1, -0.05) is 44.2 Å². The molecule has 3 aromatic carbocycles. The average Bonchev–Trinajstić information content (AvgIpc) is 3.79. The summed E-state index contributed by atoms with van der Waals surface area (Å²) in [6.45, 7) is 3.98. The molecule has 234 valence electrons. The second-order valence-corrected chi connectivity index (χ2v) is 9.65. The fourth-order valence-electron chi connectivity index (χ4n) is 4.13. The number of nitrogens with two attached hydrogens (primary N) is 1. The van der Waals surface area contributed by atoms with Crippen LogP contribution in [0, 0.1) is 11.6 Å². The molecular weight excluding hydrogens is 586 g/mol. The standard InChI is InChI=1S/C30H22F2N4O2.C4H6N2.C2H6/c31-23-10-6-19(7-11-23)21-4-5-22(25(32)17-21)18-35-30(37)28-15-14-27(38-28)20-8-12-24(13-9-20)36-29(33)26-3-1-2-16-34-26;1-6-3-2-5-4-6;1-2/h1-17H,18H2,(H2,33,36)(H,35,37);2-4H,1H3;1-2H3. The second kappa shape index (κ2) is 16.2. The molecule has 0 spiro atoms. The van der Waals surface area contributed by atoms with Crippen LogP contribution in [0.3, 0.4) is 0 Å². The summed E-state index contributed by atoms with van der Waals surface area (Å²) < 4.78 is 35.4. The highest BCUT2D eigenvalue weighted by Gasteiger charge is 2.14. The summed E-state index contributed by atoms with van der Waals surface area (Å²) in [6, 6.07) is 26.3. The first-order valence-corrected chi connectivity index (χ1v) is 14.6. The number of nitrogens with zero attached hydrogens (tertiary/aromatic N) is 4. The molecule has 8 nitrogen and oxygen atoms in total. The first kappa shape index (κ1) is 33.0. The lowest BCUT2D eigenvalue weighted by atomic mass is 10.0. The number of amidine groups is 1. The van der Waals surface area contributed by atoms with Crippen molar-refractivity contribution in [3.8, 4) is 22.5 Å². The fraction of sp³-hybridized carbons (Fsp3) is 0.111. The largest absolute Gasteiger partial charge is 0.451 e. The fourth-order valence-corrected chi connectivity index (χ4v) is 4.13. The summed E-state index contributed by atoms with van der Waals surface area (Å²) in [5.74, 6) is -0.399. The van der Waals surface area contributed by atoms with Gasteiger partial charge in [-0.15, -0.1) is 0 Å². The minimum absolute atomic E-state index is 0.0191. The van der Waals surface area contributed by atoms with Crippen LogP contribution in [-0.4, -0.2) is 26.3 Å². The van der Waals surface area contributed by atoms with Crippen LogP contribution >= 0.6 is 0 Å². The van der Waals surface area contributed by atoms with Crippen LogP contribution in [0.1, 0.15) is 35.7 Å². The first-order valence-electron chi connectivity index (χ1n) is 14.6. The van der Waals surface area contributed by atoms with Gasteiger partial charge in [-0.05, 0) is 77.9 Å². The molecule has 0 fully saturated rings. The molecule has 0 unspecified atom stereocenters. The van der Waals surface area contributed by atoms with Crippen LogP contribution in [0.4, 0.5) is 14.5 Å². The number of aliphatic imine (C=N–C) groups is 1. The van der Waals surface area contributed by atoms with Crippen molar-refractivity contribution in [2.24, 2.45) is 17.8 Å². The Bertz CT molecular complexity index is 1850. The van der Waals surface area contributed by atoms with Gasteiger partial charge in [0.15, 0.2) is 5.76 Å². The molecule has 0 bridgehead atoms. The normalized spacial score (nSPS) is 10.7. The number of hydrogen-bond acceptors (Lipinski definition) is 5. The van der Waals surface area contributed by atoms with Crippen LogP contribution in [0.2, 0.25) is 0 Å². The van der Waals surface area contributed by atoms with Gasteiger partial charge in [0.25, 0.3) is 5.91 Å². The van der Waals surface area contributed by atoms with Gasteiger partial charge < -0.3 is 20.0 Å². The van der Waals surface area contributed by atoms with Crippen LogP contribution in [0.25, 0.3) is 22.5 Å². The van der Waals surface area contributed by atoms with Crippen LogP contribution in [0.5, 0.6) is 0 Å². The third-order valence-corrected chi connectivity index (χ3v) is 6.47. The van der Waals surface area contributed by atoms with Gasteiger partial charge >= 0.3 is 0 Å². The van der Waals surface area contributed by atoms with E-state index in [9.17, 15) is 13.6 Å². The van der Waals surface area contributed by atoms with Gasteiger partial charge in [-0.2, -0.15) is 0 Å². The quantitative estimate of drug-likeness (QED) is 0.140.